The van der Waals surface area contributed by atoms with Crippen molar-refractivity contribution in [3.8, 4) is 0 Å². The predicted octanol–water partition coefficient (Wildman–Crippen LogP) is 4.47. The summed E-state index contributed by atoms with van der Waals surface area (Å²) in [4.78, 5) is 4.87. The average molecular weight is 339 g/mol. The van der Waals surface area contributed by atoms with Crippen LogP contribution in [0.25, 0.3) is 10.2 Å². The topological polar surface area (TPSA) is 38.9 Å². The molecule has 0 saturated heterocycles. The zero-order chi connectivity index (χ0) is 13.5. The molecule has 0 unspecified atom stereocenters. The summed E-state index contributed by atoms with van der Waals surface area (Å²) in [7, 11) is 0. The summed E-state index contributed by atoms with van der Waals surface area (Å²) in [6, 6.07) is 6.34. The molecular weight excluding hydrogens is 320 g/mol. The Kier molecular flexibility index (Phi) is 3.67. The summed E-state index contributed by atoms with van der Waals surface area (Å²) >= 11 is 5.34. The molecule has 1 fully saturated rings. The SMILES string of the molecule is CC1CCC(CN)(c2nc3cc(Br)ccc3s2)CC1. The Morgan fingerprint density at radius 2 is 2.16 bits per heavy atom. The second-order valence-corrected chi connectivity index (χ2v) is 7.74. The minimum atomic E-state index is 0.128. The van der Waals surface area contributed by atoms with Gasteiger partial charge in [0.25, 0.3) is 0 Å². The van der Waals surface area contributed by atoms with Crippen molar-refractivity contribution in [3.63, 3.8) is 0 Å². The van der Waals surface area contributed by atoms with Crippen LogP contribution in [0.5, 0.6) is 0 Å². The Labute approximate surface area is 126 Å². The van der Waals surface area contributed by atoms with Crippen LogP contribution in [0.4, 0.5) is 0 Å². The monoisotopic (exact) mass is 338 g/mol. The quantitative estimate of drug-likeness (QED) is 0.877. The van der Waals surface area contributed by atoms with E-state index in [4.69, 9.17) is 10.7 Å². The lowest BCUT2D eigenvalue weighted by Crippen LogP contribution is -2.38. The Bertz CT molecular complexity index is 585. The molecule has 0 radical (unpaired) electrons. The molecule has 1 aliphatic rings. The number of halogens is 1. The molecule has 3 rings (SSSR count). The number of benzene rings is 1. The van der Waals surface area contributed by atoms with Gasteiger partial charge in [-0.3, -0.25) is 0 Å². The fourth-order valence-electron chi connectivity index (χ4n) is 2.95. The highest BCUT2D eigenvalue weighted by Crippen LogP contribution is 2.43. The standard InChI is InChI=1S/C15H19BrN2S/c1-10-4-6-15(9-17,7-5-10)14-18-12-8-11(16)2-3-13(12)19-14/h2-3,8,10H,4-7,9,17H2,1H3. The highest BCUT2D eigenvalue weighted by Gasteiger charge is 2.37. The molecule has 1 aromatic carbocycles. The number of hydrogen-bond donors (Lipinski definition) is 1. The van der Waals surface area contributed by atoms with Gasteiger partial charge in [-0.1, -0.05) is 22.9 Å². The van der Waals surface area contributed by atoms with Gasteiger partial charge >= 0.3 is 0 Å². The number of nitrogens with two attached hydrogens (primary N) is 1. The van der Waals surface area contributed by atoms with E-state index < -0.39 is 0 Å². The zero-order valence-corrected chi connectivity index (χ0v) is 13.6. The number of fused-ring (bicyclic) bond motifs is 1. The fourth-order valence-corrected chi connectivity index (χ4v) is 4.50. The van der Waals surface area contributed by atoms with Crippen molar-refractivity contribution in [2.24, 2.45) is 11.7 Å². The lowest BCUT2D eigenvalue weighted by molar-refractivity contribution is 0.247. The second kappa shape index (κ2) is 5.15. The van der Waals surface area contributed by atoms with E-state index in [0.29, 0.717) is 0 Å². The maximum Gasteiger partial charge on any atom is 0.101 e. The Balaban J connectivity index is 2.01. The molecule has 4 heteroatoms. The van der Waals surface area contributed by atoms with Gasteiger partial charge in [0.1, 0.15) is 5.01 Å². The van der Waals surface area contributed by atoms with E-state index in [1.807, 2.05) is 11.3 Å². The van der Waals surface area contributed by atoms with Gasteiger partial charge in [-0.05, 0) is 49.8 Å². The van der Waals surface area contributed by atoms with Gasteiger partial charge in [-0.2, -0.15) is 0 Å². The first kappa shape index (κ1) is 13.5. The Hall–Kier alpha value is -0.450. The molecule has 2 aromatic rings. The minimum Gasteiger partial charge on any atom is -0.329 e. The number of nitrogens with zero attached hydrogens (tertiary/aromatic N) is 1. The van der Waals surface area contributed by atoms with E-state index in [9.17, 15) is 0 Å². The zero-order valence-electron chi connectivity index (χ0n) is 11.2. The lowest BCUT2D eigenvalue weighted by Gasteiger charge is -2.36. The molecule has 0 bridgehead atoms. The third-order valence-electron chi connectivity index (χ3n) is 4.43. The maximum atomic E-state index is 6.12. The molecule has 1 aromatic heterocycles. The van der Waals surface area contributed by atoms with Gasteiger partial charge in [0, 0.05) is 16.4 Å². The largest absolute Gasteiger partial charge is 0.329 e. The van der Waals surface area contributed by atoms with Crippen LogP contribution in [0.2, 0.25) is 0 Å². The smallest absolute Gasteiger partial charge is 0.101 e. The van der Waals surface area contributed by atoms with Gasteiger partial charge in [0.2, 0.25) is 0 Å². The molecule has 0 amide bonds. The molecule has 2 nitrogen and oxygen atoms in total. The average Bonchev–Trinajstić information content (AvgIpc) is 2.83. The van der Waals surface area contributed by atoms with Crippen LogP contribution in [0, 0.1) is 5.92 Å². The summed E-state index contributed by atoms with van der Waals surface area (Å²) < 4.78 is 2.36. The van der Waals surface area contributed by atoms with Gasteiger partial charge in [0.15, 0.2) is 0 Å². The van der Waals surface area contributed by atoms with Crippen molar-refractivity contribution in [2.45, 2.75) is 38.0 Å². The van der Waals surface area contributed by atoms with Crippen LogP contribution in [-0.4, -0.2) is 11.5 Å². The highest BCUT2D eigenvalue weighted by atomic mass is 79.9. The summed E-state index contributed by atoms with van der Waals surface area (Å²) in [5.74, 6) is 0.836. The predicted molar refractivity (Wildman–Crippen MR) is 85.7 cm³/mol. The molecule has 0 spiro atoms. The summed E-state index contributed by atoms with van der Waals surface area (Å²) in [5.41, 5.74) is 7.35. The highest BCUT2D eigenvalue weighted by molar-refractivity contribution is 9.10. The number of aromatic nitrogens is 1. The summed E-state index contributed by atoms with van der Waals surface area (Å²) in [6.45, 7) is 3.07. The number of thiazole rings is 1. The van der Waals surface area contributed by atoms with Crippen LogP contribution in [0.3, 0.4) is 0 Å². The number of hydrogen-bond acceptors (Lipinski definition) is 3. The first-order valence-electron chi connectivity index (χ1n) is 6.90. The molecule has 1 heterocycles. The molecule has 19 heavy (non-hydrogen) atoms. The lowest BCUT2D eigenvalue weighted by atomic mass is 9.71. The van der Waals surface area contributed by atoms with Crippen LogP contribution < -0.4 is 5.73 Å². The van der Waals surface area contributed by atoms with Crippen molar-refractivity contribution >= 4 is 37.5 Å². The van der Waals surface area contributed by atoms with Crippen molar-refractivity contribution in [1.82, 2.24) is 4.98 Å². The molecular formula is C15H19BrN2S. The van der Waals surface area contributed by atoms with Gasteiger partial charge in [-0.25, -0.2) is 4.98 Å². The van der Waals surface area contributed by atoms with E-state index in [0.717, 1.165) is 22.5 Å². The summed E-state index contributed by atoms with van der Waals surface area (Å²) in [5, 5.41) is 1.25. The molecule has 0 atom stereocenters. The normalized spacial score (nSPS) is 27.8. The minimum absolute atomic E-state index is 0.128. The van der Waals surface area contributed by atoms with E-state index in [-0.39, 0.29) is 5.41 Å². The van der Waals surface area contributed by atoms with Crippen molar-refractivity contribution in [2.75, 3.05) is 6.54 Å². The van der Waals surface area contributed by atoms with Crippen LogP contribution in [0.1, 0.15) is 37.6 Å². The second-order valence-electron chi connectivity index (χ2n) is 5.80. The molecule has 1 aliphatic carbocycles. The van der Waals surface area contributed by atoms with Crippen LogP contribution in [-0.2, 0) is 5.41 Å². The number of rotatable bonds is 2. The van der Waals surface area contributed by atoms with E-state index in [1.54, 1.807) is 0 Å². The maximum absolute atomic E-state index is 6.12. The van der Waals surface area contributed by atoms with Crippen molar-refractivity contribution in [3.05, 3.63) is 27.7 Å². The van der Waals surface area contributed by atoms with Crippen LogP contribution >= 0.6 is 27.3 Å². The van der Waals surface area contributed by atoms with Gasteiger partial charge in [-0.15, -0.1) is 11.3 Å². The Morgan fingerprint density at radius 3 is 2.84 bits per heavy atom. The summed E-state index contributed by atoms with van der Waals surface area (Å²) in [6.07, 6.45) is 4.92. The first-order valence-corrected chi connectivity index (χ1v) is 8.50. The third kappa shape index (κ3) is 2.46. The van der Waals surface area contributed by atoms with Crippen LogP contribution in [0.15, 0.2) is 22.7 Å². The molecule has 102 valence electrons. The van der Waals surface area contributed by atoms with Crippen molar-refractivity contribution < 1.29 is 0 Å². The third-order valence-corrected chi connectivity index (χ3v) is 6.20. The Morgan fingerprint density at radius 1 is 1.42 bits per heavy atom. The van der Waals surface area contributed by atoms with Gasteiger partial charge < -0.3 is 5.73 Å². The van der Waals surface area contributed by atoms with E-state index >= 15 is 0 Å². The fraction of sp³-hybridized carbons (Fsp3) is 0.533. The van der Waals surface area contributed by atoms with E-state index in [1.165, 1.54) is 35.4 Å². The molecule has 1 saturated carbocycles. The molecule has 0 aliphatic heterocycles. The molecule has 2 N–H and O–H groups in total. The van der Waals surface area contributed by atoms with E-state index in [2.05, 4.69) is 41.1 Å². The van der Waals surface area contributed by atoms with Gasteiger partial charge in [0.05, 0.1) is 10.2 Å². The van der Waals surface area contributed by atoms with Crippen molar-refractivity contribution in [1.29, 1.82) is 0 Å². The first-order chi connectivity index (χ1) is 9.13.